The number of aromatic hydroxyl groups is 1. The van der Waals surface area contributed by atoms with Crippen LogP contribution in [0.1, 0.15) is 51.3 Å². The molecule has 0 saturated heterocycles. The fraction of sp³-hybridized carbons (Fsp3) is 0.556. The summed E-state index contributed by atoms with van der Waals surface area (Å²) < 4.78 is 0. The van der Waals surface area contributed by atoms with E-state index in [9.17, 15) is 68.4 Å². The van der Waals surface area contributed by atoms with Gasteiger partial charge in [-0.1, -0.05) is 26.0 Å². The minimum atomic E-state index is -1.78. The molecule has 0 unspecified atom stereocenters. The van der Waals surface area contributed by atoms with Crippen molar-refractivity contribution in [2.24, 2.45) is 28.1 Å². The van der Waals surface area contributed by atoms with Crippen LogP contribution in [0.2, 0.25) is 0 Å². The van der Waals surface area contributed by atoms with Crippen LogP contribution in [0, 0.1) is 5.92 Å². The maximum absolute atomic E-state index is 13.9. The number of aromatic amines is 1. The molecule has 1 heterocycles. The van der Waals surface area contributed by atoms with E-state index in [4.69, 9.17) is 22.3 Å². The highest BCUT2D eigenvalue weighted by Crippen LogP contribution is 2.13. The van der Waals surface area contributed by atoms with E-state index in [0.29, 0.717) is 17.0 Å². The summed E-state index contributed by atoms with van der Waals surface area (Å²) in [5.41, 5.74) is 17.2. The van der Waals surface area contributed by atoms with Crippen LogP contribution < -0.4 is 65.1 Å². The van der Waals surface area contributed by atoms with Crippen molar-refractivity contribution in [3.05, 3.63) is 48.0 Å². The molecule has 0 spiro atoms. The zero-order valence-corrected chi connectivity index (χ0v) is 43.2. The zero-order chi connectivity index (χ0) is 57.1. The Labute approximate surface area is 441 Å². The number of rotatable bonds is 34. The number of carboxylic acids is 1. The number of aliphatic carboxylic acids is 1. The third-order valence-corrected chi connectivity index (χ3v) is 11.7. The van der Waals surface area contributed by atoms with E-state index in [2.05, 4.69) is 62.8 Å². The van der Waals surface area contributed by atoms with Gasteiger partial charge in [0.05, 0.1) is 32.7 Å². The van der Waals surface area contributed by atoms with Gasteiger partial charge in [0.25, 0.3) is 0 Å². The van der Waals surface area contributed by atoms with Crippen molar-refractivity contribution in [3.8, 4) is 5.75 Å². The van der Waals surface area contributed by atoms with Gasteiger partial charge in [-0.15, -0.1) is 0 Å². The summed E-state index contributed by atoms with van der Waals surface area (Å²) in [6, 6.07) is -7.40. The van der Waals surface area contributed by atoms with Crippen LogP contribution in [0.3, 0.4) is 0 Å². The van der Waals surface area contributed by atoms with Crippen LogP contribution in [0.4, 0.5) is 0 Å². The number of phenols is 1. The number of nitrogens with two attached hydrogens (primary N) is 3. The molecule has 30 nitrogen and oxygen atoms in total. The average molecular weight is 1090 g/mol. The number of benzene rings is 1. The van der Waals surface area contributed by atoms with Gasteiger partial charge in [-0.05, 0) is 61.8 Å². The van der Waals surface area contributed by atoms with E-state index < -0.39 is 146 Å². The SMILES string of the molecule is CSCC[C@H](NC(=O)[C@H](Cc1ccc(O)cc1)NC(=O)CNC(=O)[C@@H](NC(=O)[C@H](CCCN=C(N)N)NC(=O)[C@H](CO)NC(=O)[C@H](CO)NC(=O)[C@H](C)NC(=O)[C@@H](N)CO)C(C)C)C(=O)N[C@@H](Cc1cnc[nH]1)C(=O)O. The molecule has 9 atom stereocenters. The number of nitrogens with one attached hydrogen (secondary N) is 10. The first kappa shape index (κ1) is 64.5. The lowest BCUT2D eigenvalue weighted by Gasteiger charge is -2.27. The molecule has 2 rings (SSSR count). The minimum Gasteiger partial charge on any atom is -0.508 e. The molecule has 76 heavy (non-hydrogen) atoms. The molecule has 0 radical (unpaired) electrons. The van der Waals surface area contributed by atoms with Gasteiger partial charge in [-0.2, -0.15) is 11.8 Å². The van der Waals surface area contributed by atoms with Crippen molar-refractivity contribution in [2.75, 3.05) is 44.9 Å². The smallest absolute Gasteiger partial charge is 0.326 e. The molecule has 0 aliphatic carbocycles. The van der Waals surface area contributed by atoms with E-state index in [1.165, 1.54) is 55.5 Å². The first-order valence-corrected chi connectivity index (χ1v) is 25.1. The number of carboxylic acid groups (broad SMARTS) is 1. The molecule has 31 heteroatoms. The number of amides is 9. The van der Waals surface area contributed by atoms with E-state index in [1.807, 2.05) is 0 Å². The number of phenolic OH excluding ortho intramolecular Hbond substituents is 1. The summed E-state index contributed by atoms with van der Waals surface area (Å²) in [7, 11) is 0. The lowest BCUT2D eigenvalue weighted by Crippen LogP contribution is -2.61. The van der Waals surface area contributed by atoms with Crippen LogP contribution in [0.5, 0.6) is 5.75 Å². The molecule has 2 aromatic rings. The summed E-state index contributed by atoms with van der Waals surface area (Å²) >= 11 is 1.35. The minimum absolute atomic E-state index is 0.0245. The van der Waals surface area contributed by atoms with Crippen LogP contribution in [-0.4, -0.2) is 200 Å². The number of hydrogen-bond donors (Lipinski definition) is 18. The Morgan fingerprint density at radius 2 is 1.20 bits per heavy atom. The fourth-order valence-electron chi connectivity index (χ4n) is 6.72. The number of aliphatic imine (C=N–C) groups is 1. The second-order valence-electron chi connectivity index (χ2n) is 17.5. The number of imidazole rings is 1. The van der Waals surface area contributed by atoms with Crippen LogP contribution in [-0.2, 0) is 60.8 Å². The topological polar surface area (TPSA) is 499 Å². The summed E-state index contributed by atoms with van der Waals surface area (Å²) in [6.07, 6.45) is 4.13. The van der Waals surface area contributed by atoms with Gasteiger partial charge in [0.15, 0.2) is 5.96 Å². The number of nitrogens with zero attached hydrogens (tertiary/aromatic N) is 2. The zero-order valence-electron chi connectivity index (χ0n) is 42.4. The lowest BCUT2D eigenvalue weighted by atomic mass is 10.0. The molecular weight excluding hydrogens is 1020 g/mol. The van der Waals surface area contributed by atoms with Gasteiger partial charge >= 0.3 is 5.97 Å². The average Bonchev–Trinajstić information content (AvgIpc) is 3.90. The third-order valence-electron chi connectivity index (χ3n) is 11.0. The molecule has 9 amide bonds. The normalized spacial score (nSPS) is 14.5. The molecule has 0 bridgehead atoms. The molecule has 0 aliphatic rings. The van der Waals surface area contributed by atoms with Crippen molar-refractivity contribution in [2.45, 2.75) is 107 Å². The summed E-state index contributed by atoms with van der Waals surface area (Å²) in [4.78, 5) is 142. The first-order valence-electron chi connectivity index (χ1n) is 23.7. The molecule has 0 saturated carbocycles. The third kappa shape index (κ3) is 22.9. The van der Waals surface area contributed by atoms with Crippen LogP contribution >= 0.6 is 11.8 Å². The number of carbonyl (C=O) groups is 10. The molecule has 21 N–H and O–H groups in total. The molecule has 422 valence electrons. The monoisotopic (exact) mass is 1090 g/mol. The molecular formula is C45H71N15O15S. The Balaban J connectivity index is 2.25. The number of carbonyl (C=O) groups excluding carboxylic acids is 9. The Morgan fingerprint density at radius 1 is 0.658 bits per heavy atom. The van der Waals surface area contributed by atoms with E-state index in [0.717, 1.165) is 0 Å². The van der Waals surface area contributed by atoms with Gasteiger partial charge in [0.1, 0.15) is 60.1 Å². The van der Waals surface area contributed by atoms with Gasteiger partial charge in [-0.3, -0.25) is 48.1 Å². The number of H-pyrrole nitrogens is 1. The van der Waals surface area contributed by atoms with Crippen molar-refractivity contribution in [3.63, 3.8) is 0 Å². The van der Waals surface area contributed by atoms with Crippen molar-refractivity contribution < 1.29 is 73.5 Å². The summed E-state index contributed by atoms with van der Waals surface area (Å²) in [5, 5.41) is 70.2. The van der Waals surface area contributed by atoms with Gasteiger partial charge in [0.2, 0.25) is 53.2 Å². The molecule has 0 fully saturated rings. The number of aromatic nitrogens is 2. The maximum atomic E-state index is 13.9. The largest absolute Gasteiger partial charge is 0.508 e. The quantitative estimate of drug-likeness (QED) is 0.0176. The number of hydrogen-bond acceptors (Lipinski definition) is 18. The first-order chi connectivity index (χ1) is 35.9. The molecule has 1 aromatic carbocycles. The predicted molar refractivity (Wildman–Crippen MR) is 273 cm³/mol. The summed E-state index contributed by atoms with van der Waals surface area (Å²) in [6.45, 7) is 0.776. The maximum Gasteiger partial charge on any atom is 0.326 e. The van der Waals surface area contributed by atoms with Crippen LogP contribution in [0.25, 0.3) is 0 Å². The fourth-order valence-corrected chi connectivity index (χ4v) is 7.20. The lowest BCUT2D eigenvalue weighted by molar-refractivity contribution is -0.142. The van der Waals surface area contributed by atoms with Gasteiger partial charge < -0.3 is 95.6 Å². The highest BCUT2D eigenvalue weighted by molar-refractivity contribution is 7.98. The van der Waals surface area contributed by atoms with Gasteiger partial charge in [0, 0.05) is 31.3 Å². The van der Waals surface area contributed by atoms with Crippen LogP contribution in [0.15, 0.2) is 41.8 Å². The number of thioether (sulfide) groups is 1. The number of guanidine groups is 1. The molecule has 0 aliphatic heterocycles. The number of aliphatic hydroxyl groups is 3. The highest BCUT2D eigenvalue weighted by atomic mass is 32.2. The van der Waals surface area contributed by atoms with Crippen molar-refractivity contribution >= 4 is 76.9 Å². The summed E-state index contributed by atoms with van der Waals surface area (Å²) in [5.74, 6) is -10.6. The highest BCUT2D eigenvalue weighted by Gasteiger charge is 2.34. The van der Waals surface area contributed by atoms with Crippen molar-refractivity contribution in [1.82, 2.24) is 57.8 Å². The Kier molecular flexibility index (Phi) is 28.3. The number of aliphatic hydroxyl groups excluding tert-OH is 3. The Morgan fingerprint density at radius 3 is 1.72 bits per heavy atom. The molecule has 1 aromatic heterocycles. The van der Waals surface area contributed by atoms with Crippen molar-refractivity contribution in [1.29, 1.82) is 0 Å². The van der Waals surface area contributed by atoms with E-state index in [1.54, 1.807) is 20.1 Å². The van der Waals surface area contributed by atoms with E-state index >= 15 is 0 Å². The standard InChI is InChI=1S/C45H71N15O15S/c1-22(2)35(60-39(69)28(6-5-12-50-45(47)48)55-41(71)33(20-63)59-42(72)32(19-62)58-36(66)23(3)53-37(67)27(46)18-61)43(73)51-17-34(65)54-30(14-24-7-9-26(64)10-8-24)40(70)56-29(11-13-76-4)38(68)57-31(44(74)75)15-25-16-49-21-52-25/h7-10,16,21-23,27-33,35,61-64H,5-6,11-15,17-20,46H2,1-4H3,(H,49,52)(H,51,73)(H,53,67)(H,54,65)(H,55,71)(H,56,70)(H,57,68)(H,58,66)(H,59,72)(H,60,69)(H,74,75)(H4,47,48,50)/t23-,27-,28-,29-,30-,31-,32-,33-,35-/m0/s1. The Hall–Kier alpha value is -7.61. The van der Waals surface area contributed by atoms with E-state index in [-0.39, 0.29) is 50.4 Å². The second-order valence-corrected chi connectivity index (χ2v) is 18.5. The predicted octanol–water partition coefficient (Wildman–Crippen LogP) is -7.23. The Bertz CT molecular complexity index is 2290. The second kappa shape index (κ2) is 33.3. The van der Waals surface area contributed by atoms with Gasteiger partial charge in [-0.25, -0.2) is 9.78 Å².